The van der Waals surface area contributed by atoms with Gasteiger partial charge in [0.05, 0.1) is 7.11 Å². The molecule has 0 aliphatic carbocycles. The molecule has 0 rings (SSSR count). The van der Waals surface area contributed by atoms with Crippen LogP contribution < -0.4 is 0 Å². The summed E-state index contributed by atoms with van der Waals surface area (Å²) in [7, 11) is 1.45. The van der Waals surface area contributed by atoms with Gasteiger partial charge in [0.1, 0.15) is 6.10 Å². The summed E-state index contributed by atoms with van der Waals surface area (Å²) in [6, 6.07) is 0. The Morgan fingerprint density at radius 3 is 1.44 bits per heavy atom. The fourth-order valence-electron chi connectivity index (χ4n) is 5.85. The van der Waals surface area contributed by atoms with E-state index in [1.165, 1.54) is 103 Å². The van der Waals surface area contributed by atoms with E-state index < -0.39 is 0 Å². The first-order valence-electron chi connectivity index (χ1n) is 18.0. The van der Waals surface area contributed by atoms with Gasteiger partial charge in [0.2, 0.25) is 0 Å². The number of ether oxygens (including phenoxy) is 2. The minimum Gasteiger partial charge on any atom is -0.469 e. The van der Waals surface area contributed by atoms with Gasteiger partial charge in [0, 0.05) is 12.8 Å². The summed E-state index contributed by atoms with van der Waals surface area (Å²) in [5, 5.41) is 0. The Balaban J connectivity index is 4.13. The molecular formula is C37H72O4. The number of carbonyl (C=O) groups is 2. The van der Waals surface area contributed by atoms with Gasteiger partial charge in [-0.15, -0.1) is 0 Å². The summed E-state index contributed by atoms with van der Waals surface area (Å²) in [6.45, 7) is 11.7. The third kappa shape index (κ3) is 28.8. The molecular weight excluding hydrogens is 508 g/mol. The minimum atomic E-state index is -0.105. The van der Waals surface area contributed by atoms with Crippen LogP contribution in [0.15, 0.2) is 0 Å². The van der Waals surface area contributed by atoms with Crippen LogP contribution >= 0.6 is 0 Å². The fraction of sp³-hybridized carbons (Fsp3) is 0.946. The van der Waals surface area contributed by atoms with Gasteiger partial charge < -0.3 is 9.47 Å². The first-order chi connectivity index (χ1) is 19.8. The summed E-state index contributed by atoms with van der Waals surface area (Å²) in [5.74, 6) is 2.36. The van der Waals surface area contributed by atoms with E-state index in [1.54, 1.807) is 0 Å². The van der Waals surface area contributed by atoms with Gasteiger partial charge in [0.15, 0.2) is 0 Å². The van der Waals surface area contributed by atoms with Crippen molar-refractivity contribution in [2.24, 2.45) is 17.8 Å². The van der Waals surface area contributed by atoms with Crippen molar-refractivity contribution in [3.05, 3.63) is 0 Å². The molecule has 0 saturated heterocycles. The monoisotopic (exact) mass is 581 g/mol. The van der Waals surface area contributed by atoms with Gasteiger partial charge in [-0.3, -0.25) is 9.59 Å². The Bertz CT molecular complexity index is 587. The molecule has 4 nitrogen and oxygen atoms in total. The molecule has 3 unspecified atom stereocenters. The lowest BCUT2D eigenvalue weighted by atomic mass is 9.92. The molecule has 0 fully saturated rings. The molecule has 0 bridgehead atoms. The van der Waals surface area contributed by atoms with Gasteiger partial charge in [-0.25, -0.2) is 0 Å². The molecule has 0 spiro atoms. The van der Waals surface area contributed by atoms with Crippen LogP contribution in [0.4, 0.5) is 0 Å². The maximum Gasteiger partial charge on any atom is 0.306 e. The minimum absolute atomic E-state index is 0.0201. The maximum atomic E-state index is 12.7. The average molecular weight is 581 g/mol. The van der Waals surface area contributed by atoms with Gasteiger partial charge in [-0.05, 0) is 56.3 Å². The molecule has 0 aliphatic rings. The van der Waals surface area contributed by atoms with Crippen LogP contribution in [0.3, 0.4) is 0 Å². The van der Waals surface area contributed by atoms with Crippen molar-refractivity contribution in [1.29, 1.82) is 0 Å². The van der Waals surface area contributed by atoms with Crippen molar-refractivity contribution in [3.8, 4) is 0 Å². The molecule has 0 heterocycles. The standard InChI is InChI=1S/C37H72O4/c1-7-8-9-10-13-16-28-35(29-17-14-11-12-15-18-30-36(38)40-6)41-37(39)31-20-19-24-33(4)26-22-27-34(5)25-21-23-32(2)3/h32-35H,7-31H2,1-6H3. The van der Waals surface area contributed by atoms with Crippen LogP contribution in [0.5, 0.6) is 0 Å². The number of methoxy groups -OCH3 is 1. The third-order valence-electron chi connectivity index (χ3n) is 8.76. The average Bonchev–Trinajstić information content (AvgIpc) is 2.93. The SMILES string of the molecule is CCCCCCCCC(CCCCCCCCC(=O)OC)OC(=O)CCCCC(C)CCCC(C)CCCC(C)C. The van der Waals surface area contributed by atoms with E-state index in [-0.39, 0.29) is 18.0 Å². The third-order valence-corrected chi connectivity index (χ3v) is 8.76. The second-order valence-corrected chi connectivity index (χ2v) is 13.6. The predicted octanol–water partition coefficient (Wildman–Crippen LogP) is 11.8. The van der Waals surface area contributed by atoms with E-state index in [9.17, 15) is 9.59 Å². The Morgan fingerprint density at radius 2 is 0.902 bits per heavy atom. The van der Waals surface area contributed by atoms with Crippen LogP contribution in [0.25, 0.3) is 0 Å². The molecule has 41 heavy (non-hydrogen) atoms. The number of hydrogen-bond acceptors (Lipinski definition) is 4. The molecule has 0 aromatic rings. The molecule has 4 heteroatoms. The van der Waals surface area contributed by atoms with E-state index in [0.717, 1.165) is 69.1 Å². The van der Waals surface area contributed by atoms with Crippen molar-refractivity contribution in [2.75, 3.05) is 7.11 Å². The fourth-order valence-corrected chi connectivity index (χ4v) is 5.85. The van der Waals surface area contributed by atoms with Gasteiger partial charge >= 0.3 is 11.9 Å². The van der Waals surface area contributed by atoms with Crippen LogP contribution in [-0.2, 0) is 19.1 Å². The van der Waals surface area contributed by atoms with Crippen LogP contribution in [0, 0.1) is 17.8 Å². The smallest absolute Gasteiger partial charge is 0.306 e. The molecule has 0 aliphatic heterocycles. The van der Waals surface area contributed by atoms with Crippen LogP contribution in [0.2, 0.25) is 0 Å². The summed E-state index contributed by atoms with van der Waals surface area (Å²) in [4.78, 5) is 23.9. The Hall–Kier alpha value is -1.06. The second-order valence-electron chi connectivity index (χ2n) is 13.6. The predicted molar refractivity (Wildman–Crippen MR) is 176 cm³/mol. The maximum absolute atomic E-state index is 12.7. The first-order valence-corrected chi connectivity index (χ1v) is 18.0. The zero-order chi connectivity index (χ0) is 30.6. The number of carbonyl (C=O) groups excluding carboxylic acids is 2. The van der Waals surface area contributed by atoms with Crippen LogP contribution in [0.1, 0.15) is 195 Å². The highest BCUT2D eigenvalue weighted by atomic mass is 16.5. The largest absolute Gasteiger partial charge is 0.469 e. The van der Waals surface area contributed by atoms with Crippen molar-refractivity contribution in [3.63, 3.8) is 0 Å². The van der Waals surface area contributed by atoms with E-state index in [0.29, 0.717) is 12.8 Å². The summed E-state index contributed by atoms with van der Waals surface area (Å²) >= 11 is 0. The van der Waals surface area contributed by atoms with Crippen molar-refractivity contribution >= 4 is 11.9 Å². The molecule has 0 amide bonds. The molecule has 244 valence electrons. The van der Waals surface area contributed by atoms with Crippen molar-refractivity contribution in [2.45, 2.75) is 201 Å². The Kier molecular flexibility index (Phi) is 28.3. The Labute approximate surface area is 256 Å². The van der Waals surface area contributed by atoms with Gasteiger partial charge in [0.25, 0.3) is 0 Å². The summed E-state index contributed by atoms with van der Waals surface area (Å²) in [5.41, 5.74) is 0. The lowest BCUT2D eigenvalue weighted by Gasteiger charge is -2.18. The van der Waals surface area contributed by atoms with Crippen LogP contribution in [-0.4, -0.2) is 25.2 Å². The highest BCUT2D eigenvalue weighted by molar-refractivity contribution is 5.69. The normalized spacial score (nSPS) is 13.7. The Morgan fingerprint density at radius 1 is 0.488 bits per heavy atom. The van der Waals surface area contributed by atoms with E-state index in [1.807, 2.05) is 0 Å². The zero-order valence-corrected chi connectivity index (χ0v) is 28.6. The van der Waals surface area contributed by atoms with E-state index in [4.69, 9.17) is 9.47 Å². The lowest BCUT2D eigenvalue weighted by molar-refractivity contribution is -0.150. The number of esters is 2. The van der Waals surface area contributed by atoms with E-state index in [2.05, 4.69) is 34.6 Å². The second kappa shape index (κ2) is 29.0. The van der Waals surface area contributed by atoms with Gasteiger partial charge in [-0.1, -0.05) is 144 Å². The number of rotatable bonds is 30. The summed E-state index contributed by atoms with van der Waals surface area (Å²) in [6.07, 6.45) is 29.0. The van der Waals surface area contributed by atoms with E-state index >= 15 is 0 Å². The molecule has 0 saturated carbocycles. The molecule has 0 aromatic heterocycles. The summed E-state index contributed by atoms with van der Waals surface area (Å²) < 4.78 is 10.7. The first kappa shape index (κ1) is 39.9. The topological polar surface area (TPSA) is 52.6 Å². The number of unbranched alkanes of at least 4 members (excludes halogenated alkanes) is 11. The lowest BCUT2D eigenvalue weighted by Crippen LogP contribution is -2.18. The van der Waals surface area contributed by atoms with Gasteiger partial charge in [-0.2, -0.15) is 0 Å². The van der Waals surface area contributed by atoms with Crippen molar-refractivity contribution < 1.29 is 19.1 Å². The highest BCUT2D eigenvalue weighted by Crippen LogP contribution is 2.22. The molecule has 0 N–H and O–H groups in total. The molecule has 0 radical (unpaired) electrons. The number of hydrogen-bond donors (Lipinski definition) is 0. The highest BCUT2D eigenvalue weighted by Gasteiger charge is 2.15. The van der Waals surface area contributed by atoms with Crippen molar-refractivity contribution in [1.82, 2.24) is 0 Å². The molecule has 0 aromatic carbocycles. The molecule has 3 atom stereocenters. The quantitative estimate of drug-likeness (QED) is 0.0626. The zero-order valence-electron chi connectivity index (χ0n) is 28.6.